The Morgan fingerprint density at radius 2 is 2.00 bits per heavy atom. The van der Waals surface area contributed by atoms with Crippen molar-refractivity contribution in [1.82, 2.24) is 9.55 Å². The molecule has 1 heterocycles. The summed E-state index contributed by atoms with van der Waals surface area (Å²) in [5.41, 5.74) is 0.281. The van der Waals surface area contributed by atoms with Gasteiger partial charge in [0, 0.05) is 24.1 Å². The van der Waals surface area contributed by atoms with Gasteiger partial charge in [-0.3, -0.25) is 0 Å². The molecule has 1 saturated carbocycles. The third-order valence-corrected chi connectivity index (χ3v) is 5.46. The molecule has 0 unspecified atom stereocenters. The highest BCUT2D eigenvalue weighted by atomic mass is 19.4. The summed E-state index contributed by atoms with van der Waals surface area (Å²) in [5, 5.41) is 9.97. The Bertz CT molecular complexity index is 780. The van der Waals surface area contributed by atoms with Gasteiger partial charge in [-0.1, -0.05) is 25.7 Å². The number of aryl methyl sites for hydroxylation is 1. The number of methoxy groups -OCH3 is 1. The summed E-state index contributed by atoms with van der Waals surface area (Å²) in [6.45, 7) is -0.0617. The molecular formula is C20H25F3N2O2. The Balaban J connectivity index is 2.02. The molecule has 0 aliphatic heterocycles. The number of hydrogen-bond acceptors (Lipinski definition) is 3. The number of ether oxygens (including phenoxy) is 1. The first-order valence-electron chi connectivity index (χ1n) is 9.22. The summed E-state index contributed by atoms with van der Waals surface area (Å²) >= 11 is 0. The van der Waals surface area contributed by atoms with Gasteiger partial charge in [-0.15, -0.1) is 0 Å². The number of alkyl halides is 3. The highest BCUT2D eigenvalue weighted by molar-refractivity contribution is 5.66. The summed E-state index contributed by atoms with van der Waals surface area (Å²) in [5.74, 6) is 0.968. The van der Waals surface area contributed by atoms with E-state index in [2.05, 4.69) is 4.98 Å². The molecule has 7 heteroatoms. The second-order valence-corrected chi connectivity index (χ2v) is 7.27. The molecule has 1 aromatic heterocycles. The number of benzene rings is 1. The van der Waals surface area contributed by atoms with Crippen molar-refractivity contribution in [1.29, 1.82) is 0 Å². The number of imidazole rings is 1. The molecule has 4 nitrogen and oxygen atoms in total. The monoisotopic (exact) mass is 382 g/mol. The van der Waals surface area contributed by atoms with E-state index in [9.17, 15) is 18.3 Å². The van der Waals surface area contributed by atoms with E-state index in [0.29, 0.717) is 17.2 Å². The minimum Gasteiger partial charge on any atom is -0.496 e. The Labute approximate surface area is 157 Å². The largest absolute Gasteiger partial charge is 0.496 e. The van der Waals surface area contributed by atoms with Crippen LogP contribution in [0.25, 0.3) is 11.3 Å². The first-order valence-corrected chi connectivity index (χ1v) is 9.22. The number of aliphatic hydroxyl groups is 1. The maximum atomic E-state index is 13.3. The molecule has 3 rings (SSSR count). The highest BCUT2D eigenvalue weighted by Gasteiger charge is 2.37. The van der Waals surface area contributed by atoms with Crippen molar-refractivity contribution in [2.45, 2.75) is 44.2 Å². The van der Waals surface area contributed by atoms with Crippen molar-refractivity contribution in [3.63, 3.8) is 0 Å². The number of rotatable bonds is 6. The maximum absolute atomic E-state index is 13.3. The van der Waals surface area contributed by atoms with Crippen molar-refractivity contribution in [3.05, 3.63) is 35.8 Å². The molecule has 1 fully saturated rings. The van der Waals surface area contributed by atoms with Crippen molar-refractivity contribution >= 4 is 0 Å². The van der Waals surface area contributed by atoms with E-state index in [1.807, 2.05) is 0 Å². The zero-order valence-corrected chi connectivity index (χ0v) is 15.6. The quantitative estimate of drug-likeness (QED) is 0.783. The van der Waals surface area contributed by atoms with Crippen molar-refractivity contribution in [2.24, 2.45) is 13.0 Å². The van der Waals surface area contributed by atoms with Gasteiger partial charge in [-0.05, 0) is 30.5 Å². The third kappa shape index (κ3) is 4.13. The van der Waals surface area contributed by atoms with E-state index in [1.165, 1.54) is 30.8 Å². The first-order chi connectivity index (χ1) is 12.8. The lowest BCUT2D eigenvalue weighted by Crippen LogP contribution is -2.12. The van der Waals surface area contributed by atoms with E-state index in [0.717, 1.165) is 24.8 Å². The molecular weight excluding hydrogens is 357 g/mol. The fourth-order valence-electron chi connectivity index (χ4n) is 4.13. The van der Waals surface area contributed by atoms with Gasteiger partial charge in [0.15, 0.2) is 5.69 Å². The van der Waals surface area contributed by atoms with Crippen molar-refractivity contribution in [3.8, 4) is 17.0 Å². The molecule has 0 saturated heterocycles. The van der Waals surface area contributed by atoms with Gasteiger partial charge in [-0.25, -0.2) is 4.98 Å². The van der Waals surface area contributed by atoms with Crippen molar-refractivity contribution in [2.75, 3.05) is 13.7 Å². The van der Waals surface area contributed by atoms with E-state index >= 15 is 0 Å². The second-order valence-electron chi connectivity index (χ2n) is 7.27. The molecule has 1 aliphatic rings. The summed E-state index contributed by atoms with van der Waals surface area (Å²) in [7, 11) is 3.08. The van der Waals surface area contributed by atoms with Gasteiger partial charge in [0.1, 0.15) is 5.75 Å². The molecule has 0 radical (unpaired) electrons. The lowest BCUT2D eigenvalue weighted by molar-refractivity contribution is -0.140. The van der Waals surface area contributed by atoms with Gasteiger partial charge in [-0.2, -0.15) is 13.2 Å². The predicted octanol–water partition coefficient (Wildman–Crippen LogP) is 4.77. The summed E-state index contributed by atoms with van der Waals surface area (Å²) in [6, 6.07) is 4.99. The summed E-state index contributed by atoms with van der Waals surface area (Å²) < 4.78 is 46.9. The van der Waals surface area contributed by atoms with Crippen LogP contribution < -0.4 is 4.74 Å². The average molecular weight is 382 g/mol. The normalized spacial score (nSPS) is 16.7. The standard InChI is InChI=1S/C20H25F3N2O2/c1-25-12-24-19(20(21,22)23)18(25)14-7-8-17(27-2)16(10-14)15(11-26)9-13-5-3-4-6-13/h7-8,10,12-13,15,26H,3-6,9,11H2,1-2H3/t15-/m1/s1. The van der Waals surface area contributed by atoms with E-state index in [4.69, 9.17) is 4.74 Å². The van der Waals surface area contributed by atoms with Gasteiger partial charge in [0.05, 0.1) is 25.7 Å². The molecule has 0 amide bonds. The molecule has 0 bridgehead atoms. The van der Waals surface area contributed by atoms with E-state index in [1.54, 1.807) is 25.2 Å². The smallest absolute Gasteiger partial charge is 0.435 e. The molecule has 2 aromatic rings. The van der Waals surface area contributed by atoms with Crippen LogP contribution in [-0.2, 0) is 13.2 Å². The molecule has 1 aromatic carbocycles. The minimum absolute atomic E-state index is 0.0176. The zero-order chi connectivity index (χ0) is 19.6. The van der Waals surface area contributed by atoms with Crippen LogP contribution in [0.3, 0.4) is 0 Å². The molecule has 1 atom stereocenters. The van der Waals surface area contributed by atoms with Crippen LogP contribution in [0.1, 0.15) is 49.3 Å². The first kappa shape index (κ1) is 19.7. The number of nitrogens with zero attached hydrogens (tertiary/aromatic N) is 2. The van der Waals surface area contributed by atoms with E-state index < -0.39 is 11.9 Å². The molecule has 1 N–H and O–H groups in total. The predicted molar refractivity (Wildman–Crippen MR) is 96.6 cm³/mol. The average Bonchev–Trinajstić information content (AvgIpc) is 3.28. The lowest BCUT2D eigenvalue weighted by atomic mass is 9.87. The zero-order valence-electron chi connectivity index (χ0n) is 15.6. The Kier molecular flexibility index (Phi) is 5.79. The minimum atomic E-state index is -4.53. The van der Waals surface area contributed by atoms with Crippen LogP contribution in [0.4, 0.5) is 13.2 Å². The fourth-order valence-corrected chi connectivity index (χ4v) is 4.13. The van der Waals surface area contributed by atoms with Crippen LogP contribution in [0, 0.1) is 5.92 Å². The molecule has 0 spiro atoms. The summed E-state index contributed by atoms with van der Waals surface area (Å²) in [6.07, 6.45) is 2.12. The van der Waals surface area contributed by atoms with Gasteiger partial charge < -0.3 is 14.4 Å². The number of hydrogen-bond donors (Lipinski definition) is 1. The SMILES string of the molecule is COc1ccc(-c2c(C(F)(F)F)ncn2C)cc1[C@@H](CO)CC1CCCC1. The lowest BCUT2D eigenvalue weighted by Gasteiger charge is -2.22. The number of aliphatic hydroxyl groups excluding tert-OH is 1. The second kappa shape index (κ2) is 7.92. The van der Waals surface area contributed by atoms with E-state index in [-0.39, 0.29) is 18.2 Å². The van der Waals surface area contributed by atoms with Gasteiger partial charge >= 0.3 is 6.18 Å². The van der Waals surface area contributed by atoms with Crippen LogP contribution in [0.5, 0.6) is 5.75 Å². The van der Waals surface area contributed by atoms with Crippen LogP contribution >= 0.6 is 0 Å². The molecule has 27 heavy (non-hydrogen) atoms. The Hall–Kier alpha value is -2.02. The van der Waals surface area contributed by atoms with Crippen LogP contribution in [0.2, 0.25) is 0 Å². The van der Waals surface area contributed by atoms with Gasteiger partial charge in [0.25, 0.3) is 0 Å². The fraction of sp³-hybridized carbons (Fsp3) is 0.550. The number of halogens is 3. The maximum Gasteiger partial charge on any atom is 0.435 e. The molecule has 1 aliphatic carbocycles. The Morgan fingerprint density at radius 3 is 2.59 bits per heavy atom. The Morgan fingerprint density at radius 1 is 1.30 bits per heavy atom. The van der Waals surface area contributed by atoms with Gasteiger partial charge in [0.2, 0.25) is 0 Å². The third-order valence-electron chi connectivity index (χ3n) is 5.46. The van der Waals surface area contributed by atoms with Crippen LogP contribution in [-0.4, -0.2) is 28.4 Å². The number of aromatic nitrogens is 2. The topological polar surface area (TPSA) is 47.3 Å². The van der Waals surface area contributed by atoms with Crippen LogP contribution in [0.15, 0.2) is 24.5 Å². The highest BCUT2D eigenvalue weighted by Crippen LogP contribution is 2.41. The van der Waals surface area contributed by atoms with Crippen molar-refractivity contribution < 1.29 is 23.0 Å². The summed E-state index contributed by atoms with van der Waals surface area (Å²) in [4.78, 5) is 3.54. The molecule has 148 valence electrons.